The quantitative estimate of drug-likeness (QED) is 0.642. The number of amides is 1. The van der Waals surface area contributed by atoms with Gasteiger partial charge in [0.2, 0.25) is 5.78 Å². The zero-order valence-corrected chi connectivity index (χ0v) is 14.8. The minimum absolute atomic E-state index is 0.141. The maximum Gasteiger partial charge on any atom is 0.330 e. The summed E-state index contributed by atoms with van der Waals surface area (Å²) in [5.41, 5.74) is -0.525. The molecule has 0 aromatic carbocycles. The number of Topliss-reactive ketones (excluding diaryl/α,β-unsaturated/α-hetero) is 1. The molecule has 1 aliphatic heterocycles. The predicted molar refractivity (Wildman–Crippen MR) is 86.5 cm³/mol. The van der Waals surface area contributed by atoms with Gasteiger partial charge >= 0.3 is 5.97 Å². The molecule has 0 bridgehead atoms. The van der Waals surface area contributed by atoms with Gasteiger partial charge in [-0.1, -0.05) is 41.2 Å². The number of rotatable bonds is 3. The van der Waals surface area contributed by atoms with Crippen LogP contribution in [0.25, 0.3) is 0 Å². The molecule has 5 nitrogen and oxygen atoms in total. The Balaban J connectivity index is 0.000000626. The molecule has 0 radical (unpaired) electrons. The lowest BCUT2D eigenvalue weighted by molar-refractivity contribution is -0.168. The topological polar surface area (TPSA) is 74.7 Å². The van der Waals surface area contributed by atoms with Crippen LogP contribution in [-0.4, -0.2) is 40.8 Å². The third-order valence-corrected chi connectivity index (χ3v) is 5.20. The van der Waals surface area contributed by atoms with Gasteiger partial charge in [-0.25, -0.2) is 4.79 Å². The molecule has 1 heterocycles. The molecule has 2 unspecified atom stereocenters. The largest absolute Gasteiger partial charge is 0.478 e. The van der Waals surface area contributed by atoms with Crippen LogP contribution in [0.5, 0.6) is 0 Å². The summed E-state index contributed by atoms with van der Waals surface area (Å²) in [6.07, 6.45) is 1.60. The van der Waals surface area contributed by atoms with Gasteiger partial charge in [-0.15, -0.1) is 0 Å². The minimum atomic E-state index is -0.935. The van der Waals surface area contributed by atoms with E-state index in [1.54, 1.807) is 11.9 Å². The van der Waals surface area contributed by atoms with Crippen molar-refractivity contribution in [2.75, 3.05) is 7.05 Å². The molecule has 0 saturated carbocycles. The van der Waals surface area contributed by atoms with Crippen LogP contribution in [0.1, 0.15) is 54.4 Å². The molecule has 0 spiro atoms. The van der Waals surface area contributed by atoms with Crippen molar-refractivity contribution in [3.63, 3.8) is 0 Å². The van der Waals surface area contributed by atoms with Gasteiger partial charge in [-0.05, 0) is 25.2 Å². The predicted octanol–water partition coefficient (Wildman–Crippen LogP) is 2.90. The zero-order valence-electron chi connectivity index (χ0n) is 14.8. The first-order chi connectivity index (χ1) is 9.88. The van der Waals surface area contributed by atoms with Crippen molar-refractivity contribution < 1.29 is 19.5 Å². The van der Waals surface area contributed by atoms with Crippen LogP contribution < -0.4 is 0 Å². The summed E-state index contributed by atoms with van der Waals surface area (Å²) in [4.78, 5) is 35.3. The fraction of sp³-hybridized carbons (Fsp3) is 0.706. The lowest BCUT2D eigenvalue weighted by Crippen LogP contribution is -2.64. The molecular weight excluding hydrogens is 282 g/mol. The van der Waals surface area contributed by atoms with Gasteiger partial charge in [0.05, 0.1) is 0 Å². The fourth-order valence-corrected chi connectivity index (χ4v) is 3.08. The van der Waals surface area contributed by atoms with E-state index in [4.69, 9.17) is 5.11 Å². The first kappa shape index (κ1) is 20.3. The zero-order chi connectivity index (χ0) is 17.9. The van der Waals surface area contributed by atoms with E-state index in [-0.39, 0.29) is 28.7 Å². The average Bonchev–Trinajstić information content (AvgIpc) is 2.44. The molecule has 1 fully saturated rings. The number of nitrogens with zero attached hydrogens (tertiary/aromatic N) is 1. The molecule has 0 aromatic heterocycles. The number of piperidine rings is 1. The molecule has 0 aromatic rings. The standard InChI is InChI=1S/C13H23NO2.C4H6O2/c1-7-9-12(3,4)13(5,8-2)10(15)11(16)14(9)6;1-3(2)4(5)6/h9H,7-8H2,1-6H3;1H2,2H3,(H,5,6). The van der Waals surface area contributed by atoms with Gasteiger partial charge in [0.25, 0.3) is 5.91 Å². The van der Waals surface area contributed by atoms with E-state index in [0.717, 1.165) is 12.8 Å². The maximum atomic E-state index is 12.2. The molecule has 22 heavy (non-hydrogen) atoms. The van der Waals surface area contributed by atoms with Crippen LogP contribution in [0.15, 0.2) is 12.2 Å². The van der Waals surface area contributed by atoms with Gasteiger partial charge in [0, 0.05) is 24.1 Å². The number of hydrogen-bond donors (Lipinski definition) is 1. The molecule has 1 N–H and O–H groups in total. The first-order valence-corrected chi connectivity index (χ1v) is 7.58. The van der Waals surface area contributed by atoms with Crippen LogP contribution in [0.4, 0.5) is 0 Å². The number of likely N-dealkylation sites (tertiary alicyclic amines) is 1. The third-order valence-electron chi connectivity index (χ3n) is 5.20. The van der Waals surface area contributed by atoms with Gasteiger partial charge in [-0.3, -0.25) is 9.59 Å². The Hall–Kier alpha value is -1.65. The van der Waals surface area contributed by atoms with Crippen molar-refractivity contribution >= 4 is 17.7 Å². The van der Waals surface area contributed by atoms with Crippen molar-refractivity contribution in [3.05, 3.63) is 12.2 Å². The summed E-state index contributed by atoms with van der Waals surface area (Å²) in [5.74, 6) is -1.49. The number of carboxylic acid groups (broad SMARTS) is 1. The first-order valence-electron chi connectivity index (χ1n) is 7.58. The van der Waals surface area contributed by atoms with Gasteiger partial charge < -0.3 is 10.0 Å². The molecule has 0 aliphatic carbocycles. The summed E-state index contributed by atoms with van der Waals surface area (Å²) in [7, 11) is 1.74. The third kappa shape index (κ3) is 3.39. The molecule has 5 heteroatoms. The normalized spacial score (nSPS) is 27.0. The van der Waals surface area contributed by atoms with Crippen LogP contribution in [0.2, 0.25) is 0 Å². The second kappa shape index (κ2) is 7.07. The molecule has 1 amide bonds. The number of hydrogen-bond acceptors (Lipinski definition) is 3. The van der Waals surface area contributed by atoms with Crippen LogP contribution in [0.3, 0.4) is 0 Å². The summed E-state index contributed by atoms with van der Waals surface area (Å²) < 4.78 is 0. The van der Waals surface area contributed by atoms with Crippen molar-refractivity contribution in [2.24, 2.45) is 10.8 Å². The van der Waals surface area contributed by atoms with E-state index < -0.39 is 11.4 Å². The van der Waals surface area contributed by atoms with Crippen LogP contribution in [0, 0.1) is 10.8 Å². The SMILES string of the molecule is C=C(C)C(=O)O.CCC1N(C)C(=O)C(=O)C(C)(CC)C1(C)C. The van der Waals surface area contributed by atoms with Crippen molar-refractivity contribution in [2.45, 2.75) is 60.4 Å². The molecule has 126 valence electrons. The number of aliphatic carboxylic acids is 1. The highest BCUT2D eigenvalue weighted by atomic mass is 16.4. The Morgan fingerprint density at radius 2 is 1.68 bits per heavy atom. The van der Waals surface area contributed by atoms with E-state index in [1.807, 2.05) is 13.8 Å². The minimum Gasteiger partial charge on any atom is -0.478 e. The molecule has 1 saturated heterocycles. The van der Waals surface area contributed by atoms with Crippen LogP contribution >= 0.6 is 0 Å². The Labute approximate surface area is 133 Å². The summed E-state index contributed by atoms with van der Waals surface area (Å²) in [5, 5.41) is 7.89. The van der Waals surface area contributed by atoms with Gasteiger partial charge in [0.1, 0.15) is 0 Å². The van der Waals surface area contributed by atoms with Gasteiger partial charge in [0.15, 0.2) is 0 Å². The Kier molecular flexibility index (Phi) is 6.54. The van der Waals surface area contributed by atoms with E-state index >= 15 is 0 Å². The lowest BCUT2D eigenvalue weighted by atomic mass is 9.56. The summed E-state index contributed by atoms with van der Waals surface area (Å²) >= 11 is 0. The smallest absolute Gasteiger partial charge is 0.330 e. The lowest BCUT2D eigenvalue weighted by Gasteiger charge is -2.54. The molecular formula is C17H29NO4. The number of carboxylic acids is 1. The van der Waals surface area contributed by atoms with E-state index in [9.17, 15) is 14.4 Å². The molecule has 1 rings (SSSR count). The number of carbonyl (C=O) groups is 3. The van der Waals surface area contributed by atoms with Crippen molar-refractivity contribution in [3.8, 4) is 0 Å². The highest BCUT2D eigenvalue weighted by Gasteiger charge is 2.57. The maximum absolute atomic E-state index is 12.2. The number of carbonyl (C=O) groups excluding carboxylic acids is 2. The molecule has 2 atom stereocenters. The summed E-state index contributed by atoms with van der Waals surface area (Å²) in [6, 6.07) is 0.141. The van der Waals surface area contributed by atoms with E-state index in [0.29, 0.717) is 0 Å². The number of ketones is 1. The van der Waals surface area contributed by atoms with Crippen LogP contribution in [-0.2, 0) is 14.4 Å². The highest BCUT2D eigenvalue weighted by Crippen LogP contribution is 2.50. The second-order valence-electron chi connectivity index (χ2n) is 6.66. The van der Waals surface area contributed by atoms with Crippen molar-refractivity contribution in [1.82, 2.24) is 4.90 Å². The monoisotopic (exact) mass is 311 g/mol. The molecule has 1 aliphatic rings. The average molecular weight is 311 g/mol. The van der Waals surface area contributed by atoms with Gasteiger partial charge in [-0.2, -0.15) is 0 Å². The Morgan fingerprint density at radius 3 is 1.95 bits per heavy atom. The second-order valence-corrected chi connectivity index (χ2v) is 6.66. The van der Waals surface area contributed by atoms with E-state index in [1.165, 1.54) is 6.92 Å². The Bertz CT molecular complexity index is 469. The number of likely N-dealkylation sites (N-methyl/N-ethyl adjacent to an activating group) is 1. The highest BCUT2D eigenvalue weighted by molar-refractivity contribution is 6.38. The van der Waals surface area contributed by atoms with E-state index in [2.05, 4.69) is 27.4 Å². The fourth-order valence-electron chi connectivity index (χ4n) is 3.08. The van der Waals surface area contributed by atoms with Crippen molar-refractivity contribution in [1.29, 1.82) is 0 Å². The Morgan fingerprint density at radius 1 is 1.27 bits per heavy atom. The summed E-state index contributed by atoms with van der Waals surface area (Å²) in [6.45, 7) is 14.8.